The van der Waals surface area contributed by atoms with Gasteiger partial charge in [-0.05, 0) is 49.1 Å². The molecule has 1 atom stereocenters. The molecule has 2 rings (SSSR count). The van der Waals surface area contributed by atoms with Gasteiger partial charge in [-0.3, -0.25) is 4.98 Å². The fourth-order valence-electron chi connectivity index (χ4n) is 2.16. The van der Waals surface area contributed by atoms with Crippen LogP contribution in [0.15, 0.2) is 42.7 Å². The van der Waals surface area contributed by atoms with Gasteiger partial charge in [0.15, 0.2) is 0 Å². The van der Waals surface area contributed by atoms with Crippen LogP contribution >= 0.6 is 11.6 Å². The van der Waals surface area contributed by atoms with E-state index in [9.17, 15) is 4.39 Å². The zero-order valence-corrected chi connectivity index (χ0v) is 11.5. The molecule has 1 unspecified atom stereocenters. The average molecular weight is 279 g/mol. The van der Waals surface area contributed by atoms with Crippen LogP contribution in [0.3, 0.4) is 0 Å². The molecule has 19 heavy (non-hydrogen) atoms. The molecule has 2 aromatic rings. The smallest absolute Gasteiger partial charge is 0.123 e. The van der Waals surface area contributed by atoms with Gasteiger partial charge in [-0.2, -0.15) is 0 Å². The highest BCUT2D eigenvalue weighted by atomic mass is 35.5. The van der Waals surface area contributed by atoms with Gasteiger partial charge in [0.05, 0.1) is 5.02 Å². The van der Waals surface area contributed by atoms with Crippen LogP contribution in [0, 0.1) is 5.82 Å². The maximum atomic E-state index is 13.2. The Morgan fingerprint density at radius 1 is 1.32 bits per heavy atom. The highest BCUT2D eigenvalue weighted by Crippen LogP contribution is 2.21. The molecule has 1 heterocycles. The Morgan fingerprint density at radius 3 is 2.79 bits per heavy atom. The molecule has 4 heteroatoms. The van der Waals surface area contributed by atoms with Crippen molar-refractivity contribution in [3.63, 3.8) is 0 Å². The van der Waals surface area contributed by atoms with Crippen molar-refractivity contribution in [1.29, 1.82) is 0 Å². The summed E-state index contributed by atoms with van der Waals surface area (Å²) < 4.78 is 13.2. The Hall–Kier alpha value is -1.45. The van der Waals surface area contributed by atoms with E-state index in [2.05, 4.69) is 4.98 Å². The maximum absolute atomic E-state index is 13.2. The van der Waals surface area contributed by atoms with Crippen molar-refractivity contribution in [2.45, 2.75) is 25.3 Å². The first-order valence-corrected chi connectivity index (χ1v) is 6.46. The summed E-state index contributed by atoms with van der Waals surface area (Å²) in [6.45, 7) is 1.94. The van der Waals surface area contributed by atoms with E-state index in [0.29, 0.717) is 17.9 Å². The second-order valence-corrected chi connectivity index (χ2v) is 5.51. The van der Waals surface area contributed by atoms with Gasteiger partial charge in [0.2, 0.25) is 0 Å². The number of nitrogens with zero attached hydrogens (tertiary/aromatic N) is 1. The minimum atomic E-state index is -0.487. The number of benzene rings is 1. The van der Waals surface area contributed by atoms with Crippen LogP contribution in [0.5, 0.6) is 0 Å². The monoisotopic (exact) mass is 278 g/mol. The van der Waals surface area contributed by atoms with Gasteiger partial charge in [0.25, 0.3) is 0 Å². The highest BCUT2D eigenvalue weighted by molar-refractivity contribution is 6.31. The van der Waals surface area contributed by atoms with E-state index in [1.165, 1.54) is 12.1 Å². The molecule has 0 aliphatic heterocycles. The van der Waals surface area contributed by atoms with Gasteiger partial charge in [0.1, 0.15) is 5.82 Å². The Labute approximate surface area is 117 Å². The number of halogens is 2. The van der Waals surface area contributed by atoms with Crippen LogP contribution in [-0.4, -0.2) is 10.5 Å². The van der Waals surface area contributed by atoms with E-state index >= 15 is 0 Å². The Bertz CT molecular complexity index is 570. The van der Waals surface area contributed by atoms with E-state index < -0.39 is 5.54 Å². The first kappa shape index (κ1) is 14.0. The lowest BCUT2D eigenvalue weighted by Crippen LogP contribution is -2.41. The molecule has 1 aromatic carbocycles. The minimum Gasteiger partial charge on any atom is -0.325 e. The van der Waals surface area contributed by atoms with Gasteiger partial charge >= 0.3 is 0 Å². The molecule has 0 saturated carbocycles. The quantitative estimate of drug-likeness (QED) is 0.931. The fraction of sp³-hybridized carbons (Fsp3) is 0.267. The molecule has 100 valence electrons. The first-order valence-electron chi connectivity index (χ1n) is 6.08. The molecule has 0 amide bonds. The van der Waals surface area contributed by atoms with E-state index in [4.69, 9.17) is 17.3 Å². The Balaban J connectivity index is 2.13. The molecule has 2 N–H and O–H groups in total. The lowest BCUT2D eigenvalue weighted by molar-refractivity contribution is 0.461. The number of pyridine rings is 1. The third kappa shape index (κ3) is 4.01. The van der Waals surface area contributed by atoms with Crippen molar-refractivity contribution >= 4 is 11.6 Å². The summed E-state index contributed by atoms with van der Waals surface area (Å²) in [7, 11) is 0. The molecular formula is C15H16ClFN2. The van der Waals surface area contributed by atoms with Crippen molar-refractivity contribution in [2.24, 2.45) is 5.73 Å². The Kier molecular flexibility index (Phi) is 4.17. The molecule has 0 fully saturated rings. The van der Waals surface area contributed by atoms with Crippen LogP contribution in [0.25, 0.3) is 0 Å². The molecule has 0 spiro atoms. The lowest BCUT2D eigenvalue weighted by atomic mass is 9.88. The summed E-state index contributed by atoms with van der Waals surface area (Å²) in [6.07, 6.45) is 4.50. The summed E-state index contributed by atoms with van der Waals surface area (Å²) in [4.78, 5) is 3.95. The maximum Gasteiger partial charge on any atom is 0.123 e. The number of rotatable bonds is 4. The molecule has 0 radical (unpaired) electrons. The van der Waals surface area contributed by atoms with Crippen LogP contribution < -0.4 is 5.73 Å². The van der Waals surface area contributed by atoms with E-state index in [1.54, 1.807) is 18.5 Å². The van der Waals surface area contributed by atoms with Crippen molar-refractivity contribution in [2.75, 3.05) is 0 Å². The predicted octanol–water partition coefficient (Wildman–Crippen LogP) is 3.38. The lowest BCUT2D eigenvalue weighted by Gasteiger charge is -2.25. The third-order valence-corrected chi connectivity index (χ3v) is 3.29. The van der Waals surface area contributed by atoms with E-state index in [-0.39, 0.29) is 5.82 Å². The van der Waals surface area contributed by atoms with Crippen LogP contribution in [0.4, 0.5) is 4.39 Å². The molecule has 1 aromatic heterocycles. The van der Waals surface area contributed by atoms with Crippen molar-refractivity contribution < 1.29 is 4.39 Å². The molecular weight excluding hydrogens is 263 g/mol. The Morgan fingerprint density at radius 2 is 2.11 bits per heavy atom. The van der Waals surface area contributed by atoms with Crippen molar-refractivity contribution in [1.82, 2.24) is 4.98 Å². The summed E-state index contributed by atoms with van der Waals surface area (Å²) in [5.74, 6) is -0.241. The second kappa shape index (κ2) is 5.68. The molecule has 0 bridgehead atoms. The SMILES string of the molecule is CC(N)(Cc1cccc(F)c1)Cc1ccncc1Cl. The zero-order chi connectivity index (χ0) is 13.9. The van der Waals surface area contributed by atoms with Crippen molar-refractivity contribution in [3.8, 4) is 0 Å². The second-order valence-electron chi connectivity index (χ2n) is 5.10. The minimum absolute atomic E-state index is 0.241. The van der Waals surface area contributed by atoms with Gasteiger partial charge in [-0.1, -0.05) is 23.7 Å². The highest BCUT2D eigenvalue weighted by Gasteiger charge is 2.21. The third-order valence-electron chi connectivity index (χ3n) is 2.95. The van der Waals surface area contributed by atoms with Crippen molar-refractivity contribution in [3.05, 3.63) is 64.7 Å². The van der Waals surface area contributed by atoms with Gasteiger partial charge < -0.3 is 5.73 Å². The zero-order valence-electron chi connectivity index (χ0n) is 10.7. The first-order chi connectivity index (χ1) is 8.96. The van der Waals surface area contributed by atoms with Gasteiger partial charge in [-0.25, -0.2) is 4.39 Å². The number of hydrogen-bond acceptors (Lipinski definition) is 2. The molecule has 2 nitrogen and oxygen atoms in total. The number of hydrogen-bond donors (Lipinski definition) is 1. The molecule has 0 aliphatic carbocycles. The largest absolute Gasteiger partial charge is 0.325 e. The number of aromatic nitrogens is 1. The predicted molar refractivity (Wildman–Crippen MR) is 75.6 cm³/mol. The molecule has 0 saturated heterocycles. The van der Waals surface area contributed by atoms with E-state index in [0.717, 1.165) is 11.1 Å². The van der Waals surface area contributed by atoms with Crippen LogP contribution in [0.2, 0.25) is 5.02 Å². The standard InChI is InChI=1S/C15H16ClFN2/c1-15(18,8-11-3-2-4-13(17)7-11)9-12-5-6-19-10-14(12)16/h2-7,10H,8-9,18H2,1H3. The van der Waals surface area contributed by atoms with Crippen LogP contribution in [-0.2, 0) is 12.8 Å². The summed E-state index contributed by atoms with van der Waals surface area (Å²) in [6, 6.07) is 8.37. The summed E-state index contributed by atoms with van der Waals surface area (Å²) >= 11 is 6.08. The van der Waals surface area contributed by atoms with Crippen LogP contribution in [0.1, 0.15) is 18.1 Å². The summed E-state index contributed by atoms with van der Waals surface area (Å²) in [5, 5.41) is 0.610. The fourth-order valence-corrected chi connectivity index (χ4v) is 2.34. The van der Waals surface area contributed by atoms with Gasteiger partial charge in [-0.15, -0.1) is 0 Å². The van der Waals surface area contributed by atoms with E-state index in [1.807, 2.05) is 19.1 Å². The van der Waals surface area contributed by atoms with Gasteiger partial charge in [0, 0.05) is 17.9 Å². The molecule has 0 aliphatic rings. The number of nitrogens with two attached hydrogens (primary N) is 1. The normalized spacial score (nSPS) is 14.1. The average Bonchev–Trinajstić information content (AvgIpc) is 2.31. The topological polar surface area (TPSA) is 38.9 Å². The summed E-state index contributed by atoms with van der Waals surface area (Å²) in [5.41, 5.74) is 7.65.